The summed E-state index contributed by atoms with van der Waals surface area (Å²) in [5, 5.41) is 7.72. The first-order chi connectivity index (χ1) is 12.0. The van der Waals surface area contributed by atoms with Crippen LogP contribution >= 0.6 is 0 Å². The first kappa shape index (κ1) is 16.9. The quantitative estimate of drug-likeness (QED) is 0.741. The van der Waals surface area contributed by atoms with Crippen LogP contribution in [0.2, 0.25) is 0 Å². The van der Waals surface area contributed by atoms with E-state index >= 15 is 0 Å². The molecule has 1 N–H and O–H groups in total. The molecule has 0 aliphatic carbocycles. The van der Waals surface area contributed by atoms with Crippen LogP contribution in [0, 0.1) is 6.92 Å². The van der Waals surface area contributed by atoms with Crippen molar-refractivity contribution in [1.29, 1.82) is 0 Å². The van der Waals surface area contributed by atoms with Gasteiger partial charge < -0.3 is 14.7 Å². The van der Waals surface area contributed by atoms with Crippen molar-refractivity contribution >= 4 is 22.6 Å². The number of fused-ring (bicyclic) bond motifs is 1. The molecule has 1 amide bonds. The summed E-state index contributed by atoms with van der Waals surface area (Å²) in [5.74, 6) is 1.87. The average Bonchev–Trinajstić information content (AvgIpc) is 3.03. The second kappa shape index (κ2) is 7.29. The van der Waals surface area contributed by atoms with Crippen molar-refractivity contribution in [3.05, 3.63) is 47.6 Å². The Labute approximate surface area is 146 Å². The third-order valence-corrected chi connectivity index (χ3v) is 3.86. The summed E-state index contributed by atoms with van der Waals surface area (Å²) >= 11 is 0. The average molecular weight is 339 g/mol. The van der Waals surface area contributed by atoms with Crippen molar-refractivity contribution in [3.8, 4) is 0 Å². The number of amides is 1. The Balaban J connectivity index is 1.68. The van der Waals surface area contributed by atoms with Gasteiger partial charge in [0.25, 0.3) is 0 Å². The smallest absolute Gasteiger partial charge is 0.227 e. The zero-order chi connectivity index (χ0) is 17.8. The Hall–Kier alpha value is -2.96. The predicted molar refractivity (Wildman–Crippen MR) is 95.3 cm³/mol. The molecule has 0 saturated heterocycles. The van der Waals surface area contributed by atoms with Gasteiger partial charge >= 0.3 is 0 Å². The number of aryl methyl sites for hydroxylation is 2. The maximum Gasteiger partial charge on any atom is 0.227 e. The van der Waals surface area contributed by atoms with Gasteiger partial charge in [-0.15, -0.1) is 0 Å². The second-order valence-corrected chi connectivity index (χ2v) is 6.06. The van der Waals surface area contributed by atoms with E-state index in [1.54, 1.807) is 6.92 Å². The fourth-order valence-corrected chi connectivity index (χ4v) is 2.55. The molecule has 3 aromatic rings. The predicted octanol–water partition coefficient (Wildman–Crippen LogP) is 2.24. The lowest BCUT2D eigenvalue weighted by molar-refractivity contribution is -0.121. The minimum atomic E-state index is -0.0526. The van der Waals surface area contributed by atoms with E-state index in [-0.39, 0.29) is 5.91 Å². The number of nitrogens with one attached hydrogen (secondary N) is 1. The van der Waals surface area contributed by atoms with E-state index in [4.69, 9.17) is 4.52 Å². The molecule has 0 aliphatic heterocycles. The van der Waals surface area contributed by atoms with Crippen molar-refractivity contribution in [2.24, 2.45) is 0 Å². The summed E-state index contributed by atoms with van der Waals surface area (Å²) in [6.07, 6.45) is 0.748. The van der Waals surface area contributed by atoms with Gasteiger partial charge in [0.15, 0.2) is 5.82 Å². The standard InChI is InChI=1S/C18H21N5O2/c1-12-20-18(25-22-12)9-8-17(24)19-11-13-10-16(23(2)3)21-15-7-5-4-6-14(13)15/h4-7,10H,8-9,11H2,1-3H3,(H,19,24). The Bertz CT molecular complexity index is 888. The minimum Gasteiger partial charge on any atom is -0.363 e. The molecule has 7 heteroatoms. The number of hydrogen-bond acceptors (Lipinski definition) is 6. The summed E-state index contributed by atoms with van der Waals surface area (Å²) in [5.41, 5.74) is 1.95. The van der Waals surface area contributed by atoms with Crippen molar-refractivity contribution in [2.75, 3.05) is 19.0 Å². The summed E-state index contributed by atoms with van der Waals surface area (Å²) in [4.78, 5) is 22.8. The highest BCUT2D eigenvalue weighted by atomic mass is 16.5. The van der Waals surface area contributed by atoms with Crippen LogP contribution in [0.25, 0.3) is 10.9 Å². The molecule has 0 bridgehead atoms. The van der Waals surface area contributed by atoms with Gasteiger partial charge in [0.05, 0.1) is 5.52 Å². The van der Waals surface area contributed by atoms with Gasteiger partial charge in [-0.2, -0.15) is 4.98 Å². The molecule has 0 spiro atoms. The van der Waals surface area contributed by atoms with Gasteiger partial charge in [0, 0.05) is 38.9 Å². The van der Waals surface area contributed by atoms with E-state index in [0.717, 1.165) is 22.3 Å². The van der Waals surface area contributed by atoms with Crippen molar-refractivity contribution < 1.29 is 9.32 Å². The van der Waals surface area contributed by atoms with Gasteiger partial charge in [0.1, 0.15) is 5.82 Å². The number of anilines is 1. The monoisotopic (exact) mass is 339 g/mol. The molecule has 0 unspecified atom stereocenters. The first-order valence-corrected chi connectivity index (χ1v) is 8.15. The van der Waals surface area contributed by atoms with Gasteiger partial charge in [0.2, 0.25) is 11.8 Å². The molecule has 1 aromatic carbocycles. The fourth-order valence-electron chi connectivity index (χ4n) is 2.55. The number of para-hydroxylation sites is 1. The fraction of sp³-hybridized carbons (Fsp3) is 0.333. The molecule has 130 valence electrons. The molecule has 3 rings (SSSR count). The van der Waals surface area contributed by atoms with Crippen LogP contribution in [0.15, 0.2) is 34.9 Å². The Morgan fingerprint density at radius 2 is 2.04 bits per heavy atom. The van der Waals surface area contributed by atoms with Gasteiger partial charge in [-0.05, 0) is 24.6 Å². The highest BCUT2D eigenvalue weighted by Crippen LogP contribution is 2.22. The lowest BCUT2D eigenvalue weighted by atomic mass is 10.1. The molecule has 0 saturated carbocycles. The van der Waals surface area contributed by atoms with E-state index in [1.807, 2.05) is 49.3 Å². The number of benzene rings is 1. The Morgan fingerprint density at radius 1 is 1.24 bits per heavy atom. The topological polar surface area (TPSA) is 84.2 Å². The molecule has 2 aromatic heterocycles. The number of aromatic nitrogens is 3. The zero-order valence-corrected chi connectivity index (χ0v) is 14.6. The molecule has 0 aliphatic rings. The zero-order valence-electron chi connectivity index (χ0n) is 14.6. The maximum absolute atomic E-state index is 12.1. The van der Waals surface area contributed by atoms with Gasteiger partial charge in [-0.25, -0.2) is 4.98 Å². The highest BCUT2D eigenvalue weighted by Gasteiger charge is 2.10. The van der Waals surface area contributed by atoms with Gasteiger partial charge in [-0.1, -0.05) is 23.4 Å². The summed E-state index contributed by atoms with van der Waals surface area (Å²) in [6.45, 7) is 2.20. The van der Waals surface area contributed by atoms with Crippen LogP contribution in [-0.4, -0.2) is 35.1 Å². The van der Waals surface area contributed by atoms with Crippen LogP contribution < -0.4 is 10.2 Å². The second-order valence-electron chi connectivity index (χ2n) is 6.06. The van der Waals surface area contributed by atoms with Crippen LogP contribution in [0.1, 0.15) is 23.7 Å². The van der Waals surface area contributed by atoms with Crippen molar-refractivity contribution in [3.63, 3.8) is 0 Å². The van der Waals surface area contributed by atoms with Gasteiger partial charge in [-0.3, -0.25) is 4.79 Å². The van der Waals surface area contributed by atoms with Crippen molar-refractivity contribution in [2.45, 2.75) is 26.3 Å². The number of nitrogens with zero attached hydrogens (tertiary/aromatic N) is 4. The molecule has 25 heavy (non-hydrogen) atoms. The minimum absolute atomic E-state index is 0.0526. The molecular formula is C18H21N5O2. The van der Waals surface area contributed by atoms with E-state index in [2.05, 4.69) is 20.4 Å². The number of carbonyl (C=O) groups excluding carboxylic acids is 1. The van der Waals surface area contributed by atoms with Crippen LogP contribution in [0.3, 0.4) is 0 Å². The molecule has 2 heterocycles. The summed E-state index contributed by atoms with van der Waals surface area (Å²) in [6, 6.07) is 9.94. The third-order valence-electron chi connectivity index (χ3n) is 3.86. The largest absolute Gasteiger partial charge is 0.363 e. The molecule has 0 fully saturated rings. The van der Waals surface area contributed by atoms with Crippen LogP contribution in [0.4, 0.5) is 5.82 Å². The third kappa shape index (κ3) is 4.12. The SMILES string of the molecule is Cc1noc(CCC(=O)NCc2cc(N(C)C)nc3ccccc23)n1. The lowest BCUT2D eigenvalue weighted by Gasteiger charge is -2.15. The van der Waals surface area contributed by atoms with E-state index in [9.17, 15) is 4.79 Å². The Morgan fingerprint density at radius 3 is 2.76 bits per heavy atom. The first-order valence-electron chi connectivity index (χ1n) is 8.15. The Kier molecular flexibility index (Phi) is 4.92. The van der Waals surface area contributed by atoms with E-state index in [1.165, 1.54) is 0 Å². The maximum atomic E-state index is 12.1. The number of rotatable bonds is 6. The number of hydrogen-bond donors (Lipinski definition) is 1. The lowest BCUT2D eigenvalue weighted by Crippen LogP contribution is -2.23. The van der Waals surface area contributed by atoms with Crippen LogP contribution in [-0.2, 0) is 17.8 Å². The summed E-state index contributed by atoms with van der Waals surface area (Å²) < 4.78 is 5.02. The molecular weight excluding hydrogens is 318 g/mol. The number of carbonyl (C=O) groups is 1. The highest BCUT2D eigenvalue weighted by molar-refractivity contribution is 5.85. The molecule has 7 nitrogen and oxygen atoms in total. The van der Waals surface area contributed by atoms with E-state index < -0.39 is 0 Å². The van der Waals surface area contributed by atoms with Crippen molar-refractivity contribution in [1.82, 2.24) is 20.4 Å². The van der Waals surface area contributed by atoms with Crippen LogP contribution in [0.5, 0.6) is 0 Å². The normalized spacial score (nSPS) is 10.8. The number of pyridine rings is 1. The molecule has 0 radical (unpaired) electrons. The summed E-state index contributed by atoms with van der Waals surface area (Å²) in [7, 11) is 3.90. The molecule has 0 atom stereocenters. The van der Waals surface area contributed by atoms with E-state index in [0.29, 0.717) is 31.1 Å².